The van der Waals surface area contributed by atoms with Gasteiger partial charge in [-0.3, -0.25) is 9.59 Å². The summed E-state index contributed by atoms with van der Waals surface area (Å²) in [5, 5.41) is 10.0. The molecular formula is C20H24N2O3. The first-order chi connectivity index (χ1) is 12.0. The van der Waals surface area contributed by atoms with Crippen molar-refractivity contribution in [3.05, 3.63) is 52.3 Å². The Morgan fingerprint density at radius 2 is 2.04 bits per heavy atom. The molecule has 25 heavy (non-hydrogen) atoms. The molecule has 0 saturated heterocycles. The number of fused-ring (bicyclic) bond motifs is 1. The molecule has 0 saturated carbocycles. The molecule has 2 N–H and O–H groups in total. The number of hydrogen-bond donors (Lipinski definition) is 2. The average Bonchev–Trinajstić information content (AvgIpc) is 2.94. The van der Waals surface area contributed by atoms with Gasteiger partial charge in [0.2, 0.25) is 0 Å². The zero-order chi connectivity index (χ0) is 18.0. The lowest BCUT2D eigenvalue weighted by molar-refractivity contribution is 0.0736. The lowest BCUT2D eigenvalue weighted by Crippen LogP contribution is -2.32. The van der Waals surface area contributed by atoms with E-state index in [0.717, 1.165) is 30.5 Å². The number of carbonyl (C=O) groups is 2. The van der Waals surface area contributed by atoms with E-state index in [0.29, 0.717) is 36.3 Å². The number of phenolic OH excluding ortho intramolecular Hbond substituents is 1. The number of aryl methyl sites for hydroxylation is 1. The SMILES string of the molecule is CCCN(Cc1ccccc1O)C(=O)c1[nH]c2c(c1C)C(=O)CCC2. The number of nitrogens with zero attached hydrogens (tertiary/aromatic N) is 1. The van der Waals surface area contributed by atoms with Gasteiger partial charge in [0.15, 0.2) is 5.78 Å². The van der Waals surface area contributed by atoms with Crippen LogP contribution >= 0.6 is 0 Å². The molecule has 0 fully saturated rings. The highest BCUT2D eigenvalue weighted by molar-refractivity contribution is 6.04. The van der Waals surface area contributed by atoms with Crippen LogP contribution in [0.25, 0.3) is 0 Å². The molecular weight excluding hydrogens is 316 g/mol. The van der Waals surface area contributed by atoms with Gasteiger partial charge in [-0.05, 0) is 37.8 Å². The van der Waals surface area contributed by atoms with Gasteiger partial charge in [0.25, 0.3) is 5.91 Å². The molecule has 2 aromatic rings. The van der Waals surface area contributed by atoms with Crippen molar-refractivity contribution < 1.29 is 14.7 Å². The average molecular weight is 340 g/mol. The molecule has 0 atom stereocenters. The topological polar surface area (TPSA) is 73.4 Å². The highest BCUT2D eigenvalue weighted by Gasteiger charge is 2.28. The quantitative estimate of drug-likeness (QED) is 0.873. The van der Waals surface area contributed by atoms with Crippen molar-refractivity contribution in [1.29, 1.82) is 0 Å². The number of aromatic hydroxyl groups is 1. The molecule has 1 aliphatic rings. The number of H-pyrrole nitrogens is 1. The predicted molar refractivity (Wildman–Crippen MR) is 95.9 cm³/mol. The van der Waals surface area contributed by atoms with Gasteiger partial charge in [0.05, 0.1) is 0 Å². The second-order valence-electron chi connectivity index (χ2n) is 6.61. The molecule has 5 nitrogen and oxygen atoms in total. The molecule has 5 heteroatoms. The molecule has 1 aromatic carbocycles. The molecule has 1 heterocycles. The monoisotopic (exact) mass is 340 g/mol. The molecule has 0 spiro atoms. The summed E-state index contributed by atoms with van der Waals surface area (Å²) in [6.45, 7) is 4.79. The second-order valence-corrected chi connectivity index (χ2v) is 6.61. The van der Waals surface area contributed by atoms with Gasteiger partial charge < -0.3 is 15.0 Å². The van der Waals surface area contributed by atoms with Crippen molar-refractivity contribution in [3.63, 3.8) is 0 Å². The van der Waals surface area contributed by atoms with Crippen molar-refractivity contribution in [2.24, 2.45) is 0 Å². The Morgan fingerprint density at radius 1 is 1.28 bits per heavy atom. The van der Waals surface area contributed by atoms with Crippen LogP contribution in [0.1, 0.15) is 63.9 Å². The summed E-state index contributed by atoms with van der Waals surface area (Å²) in [5.74, 6) is 0.190. The maximum atomic E-state index is 13.1. The van der Waals surface area contributed by atoms with Gasteiger partial charge in [0, 0.05) is 36.3 Å². The summed E-state index contributed by atoms with van der Waals surface area (Å²) in [5.41, 5.74) is 3.56. The van der Waals surface area contributed by atoms with Crippen LogP contribution in [-0.4, -0.2) is 33.2 Å². The molecule has 3 rings (SSSR count). The summed E-state index contributed by atoms with van der Waals surface area (Å²) in [7, 11) is 0. The highest BCUT2D eigenvalue weighted by Crippen LogP contribution is 2.28. The van der Waals surface area contributed by atoms with E-state index < -0.39 is 0 Å². The van der Waals surface area contributed by atoms with Crippen molar-refractivity contribution in [3.8, 4) is 5.75 Å². The molecule has 1 amide bonds. The number of amides is 1. The van der Waals surface area contributed by atoms with Crippen LogP contribution < -0.4 is 0 Å². The number of hydrogen-bond acceptors (Lipinski definition) is 3. The Labute approximate surface area is 147 Å². The van der Waals surface area contributed by atoms with E-state index in [1.807, 2.05) is 26.0 Å². The third-order valence-corrected chi connectivity index (χ3v) is 4.78. The first kappa shape index (κ1) is 17.3. The Morgan fingerprint density at radius 3 is 2.72 bits per heavy atom. The second kappa shape index (κ2) is 7.13. The predicted octanol–water partition coefficient (Wildman–Crippen LogP) is 3.60. The van der Waals surface area contributed by atoms with Gasteiger partial charge >= 0.3 is 0 Å². The standard InChI is InChI=1S/C20H24N2O3/c1-3-11-22(12-14-7-4-5-9-16(14)23)20(25)19-13(2)18-15(21-19)8-6-10-17(18)24/h4-5,7,9,21,23H,3,6,8,10-12H2,1-2H3. The summed E-state index contributed by atoms with van der Waals surface area (Å²) < 4.78 is 0. The first-order valence-electron chi connectivity index (χ1n) is 8.83. The van der Waals surface area contributed by atoms with Crippen LogP contribution in [0.3, 0.4) is 0 Å². The summed E-state index contributed by atoms with van der Waals surface area (Å²) in [6, 6.07) is 7.06. The number of aromatic amines is 1. The number of nitrogens with one attached hydrogen (secondary N) is 1. The zero-order valence-electron chi connectivity index (χ0n) is 14.8. The number of para-hydroxylation sites is 1. The minimum atomic E-state index is -0.121. The van der Waals surface area contributed by atoms with E-state index in [4.69, 9.17) is 0 Å². The van der Waals surface area contributed by atoms with Gasteiger partial charge in [0.1, 0.15) is 11.4 Å². The fourth-order valence-electron chi connectivity index (χ4n) is 3.52. The van der Waals surface area contributed by atoms with Crippen molar-refractivity contribution >= 4 is 11.7 Å². The highest BCUT2D eigenvalue weighted by atomic mass is 16.3. The van der Waals surface area contributed by atoms with Crippen molar-refractivity contribution in [1.82, 2.24) is 9.88 Å². The molecule has 1 aromatic heterocycles. The van der Waals surface area contributed by atoms with E-state index in [1.54, 1.807) is 17.0 Å². The molecule has 0 aliphatic heterocycles. The fourth-order valence-corrected chi connectivity index (χ4v) is 3.52. The normalized spacial score (nSPS) is 13.6. The van der Waals surface area contributed by atoms with Crippen LogP contribution in [0.15, 0.2) is 24.3 Å². The number of Topliss-reactive ketones (excluding diaryl/α,β-unsaturated/α-hetero) is 1. The van der Waals surface area contributed by atoms with Crippen LogP contribution in [0.4, 0.5) is 0 Å². The lowest BCUT2D eigenvalue weighted by Gasteiger charge is -2.22. The zero-order valence-corrected chi connectivity index (χ0v) is 14.8. The van der Waals surface area contributed by atoms with E-state index >= 15 is 0 Å². The number of phenols is 1. The van der Waals surface area contributed by atoms with E-state index in [-0.39, 0.29) is 17.4 Å². The van der Waals surface area contributed by atoms with Crippen molar-refractivity contribution in [2.45, 2.75) is 46.1 Å². The van der Waals surface area contributed by atoms with Crippen LogP contribution in [0.2, 0.25) is 0 Å². The Kier molecular flexibility index (Phi) is 4.93. The van der Waals surface area contributed by atoms with Crippen LogP contribution in [0, 0.1) is 6.92 Å². The van der Waals surface area contributed by atoms with Gasteiger partial charge in [-0.25, -0.2) is 0 Å². The van der Waals surface area contributed by atoms with Crippen LogP contribution in [-0.2, 0) is 13.0 Å². The van der Waals surface area contributed by atoms with Gasteiger partial charge in [-0.1, -0.05) is 25.1 Å². The van der Waals surface area contributed by atoms with Gasteiger partial charge in [-0.15, -0.1) is 0 Å². The van der Waals surface area contributed by atoms with Crippen molar-refractivity contribution in [2.75, 3.05) is 6.54 Å². The summed E-state index contributed by atoms with van der Waals surface area (Å²) >= 11 is 0. The smallest absolute Gasteiger partial charge is 0.270 e. The Balaban J connectivity index is 1.91. The number of ketones is 1. The minimum Gasteiger partial charge on any atom is -0.508 e. The maximum absolute atomic E-state index is 13.1. The number of benzene rings is 1. The Hall–Kier alpha value is -2.56. The third kappa shape index (κ3) is 3.31. The fraction of sp³-hybridized carbons (Fsp3) is 0.400. The van der Waals surface area contributed by atoms with Crippen LogP contribution in [0.5, 0.6) is 5.75 Å². The summed E-state index contributed by atoms with van der Waals surface area (Å²) in [6.07, 6.45) is 3.01. The number of aromatic nitrogens is 1. The molecule has 132 valence electrons. The number of rotatable bonds is 5. The van der Waals surface area contributed by atoms with E-state index in [1.165, 1.54) is 0 Å². The minimum absolute atomic E-state index is 0.121. The first-order valence-corrected chi connectivity index (χ1v) is 8.83. The molecule has 1 aliphatic carbocycles. The Bertz CT molecular complexity index is 807. The largest absolute Gasteiger partial charge is 0.508 e. The van der Waals surface area contributed by atoms with E-state index in [9.17, 15) is 14.7 Å². The third-order valence-electron chi connectivity index (χ3n) is 4.78. The lowest BCUT2D eigenvalue weighted by atomic mass is 9.93. The molecule has 0 unspecified atom stereocenters. The molecule has 0 radical (unpaired) electrons. The maximum Gasteiger partial charge on any atom is 0.270 e. The van der Waals surface area contributed by atoms with Gasteiger partial charge in [-0.2, -0.15) is 0 Å². The summed E-state index contributed by atoms with van der Waals surface area (Å²) in [4.78, 5) is 30.2. The molecule has 0 bridgehead atoms. The van der Waals surface area contributed by atoms with E-state index in [2.05, 4.69) is 4.98 Å². The number of carbonyl (C=O) groups excluding carboxylic acids is 2.